The van der Waals surface area contributed by atoms with Gasteiger partial charge in [0.2, 0.25) is 5.89 Å². The van der Waals surface area contributed by atoms with Crippen molar-refractivity contribution in [2.24, 2.45) is 0 Å². The van der Waals surface area contributed by atoms with Gasteiger partial charge in [0.1, 0.15) is 18.0 Å². The molecule has 3 atom stereocenters. The van der Waals surface area contributed by atoms with E-state index in [-0.39, 0.29) is 37.1 Å². The molecule has 3 rings (SSSR count). The fraction of sp³-hybridized carbons (Fsp3) is 0.526. The molecule has 0 bridgehead atoms. The number of aromatic nitrogens is 2. The van der Waals surface area contributed by atoms with Gasteiger partial charge in [-0.1, -0.05) is 16.7 Å². The molecule has 1 saturated heterocycles. The van der Waals surface area contributed by atoms with Crippen LogP contribution in [-0.2, 0) is 14.3 Å². The second-order valence-electron chi connectivity index (χ2n) is 7.00. The highest BCUT2D eigenvalue weighted by molar-refractivity contribution is 6.30. The first-order valence-electron chi connectivity index (χ1n) is 9.68. The van der Waals surface area contributed by atoms with E-state index in [1.54, 1.807) is 24.3 Å². The Morgan fingerprint density at radius 3 is 2.69 bits per heavy atom. The molecule has 0 saturated carbocycles. The Bertz CT molecular complexity index is 872. The first-order chi connectivity index (χ1) is 15.2. The molecule has 0 spiro atoms. The van der Waals surface area contributed by atoms with E-state index in [2.05, 4.69) is 20.3 Å². The largest absolute Gasteiger partial charge is 0.522 e. The van der Waals surface area contributed by atoms with Gasteiger partial charge in [-0.05, 0) is 44.0 Å². The molecule has 2 heterocycles. The minimum atomic E-state index is -4.75. The lowest BCUT2D eigenvalue weighted by molar-refractivity contribution is -0.329. The number of hydrogen-bond donors (Lipinski definition) is 1. The highest BCUT2D eigenvalue weighted by atomic mass is 35.5. The molecule has 1 unspecified atom stereocenters. The molecule has 1 aliphatic rings. The Morgan fingerprint density at radius 2 is 2.03 bits per heavy atom. The topological polar surface area (TPSA) is 105 Å². The summed E-state index contributed by atoms with van der Waals surface area (Å²) in [4.78, 5) is 12.1. The third-order valence-corrected chi connectivity index (χ3v) is 4.56. The number of carbonyl (C=O) groups excluding carboxylic acids is 1. The van der Waals surface area contributed by atoms with Crippen molar-refractivity contribution in [3.05, 3.63) is 35.2 Å². The number of halogens is 4. The van der Waals surface area contributed by atoms with Crippen LogP contribution in [0.4, 0.5) is 13.2 Å². The van der Waals surface area contributed by atoms with Crippen LogP contribution >= 0.6 is 11.6 Å². The number of benzene rings is 1. The summed E-state index contributed by atoms with van der Waals surface area (Å²) in [7, 11) is 0. The fourth-order valence-corrected chi connectivity index (χ4v) is 2.95. The zero-order chi connectivity index (χ0) is 23.1. The summed E-state index contributed by atoms with van der Waals surface area (Å²) in [5.74, 6) is 0.369. The molecule has 32 heavy (non-hydrogen) atoms. The second kappa shape index (κ2) is 10.8. The number of amides is 1. The molecular weight excluding hydrogens is 459 g/mol. The monoisotopic (exact) mass is 479 g/mol. The smallest absolute Gasteiger partial charge is 0.484 e. The fourth-order valence-electron chi connectivity index (χ4n) is 2.83. The lowest BCUT2D eigenvalue weighted by atomic mass is 10.1. The molecule has 9 nitrogen and oxygen atoms in total. The number of nitrogens with one attached hydrogen (secondary N) is 1. The van der Waals surface area contributed by atoms with Gasteiger partial charge >= 0.3 is 12.4 Å². The molecule has 1 amide bonds. The Labute approximate surface area is 186 Å². The molecule has 1 fully saturated rings. The summed E-state index contributed by atoms with van der Waals surface area (Å²) in [6, 6.07) is 6.43. The summed E-state index contributed by atoms with van der Waals surface area (Å²) < 4.78 is 61.4. The van der Waals surface area contributed by atoms with E-state index < -0.39 is 25.2 Å². The van der Waals surface area contributed by atoms with Gasteiger partial charge in [-0.25, -0.2) is 0 Å². The van der Waals surface area contributed by atoms with E-state index in [1.165, 1.54) is 6.92 Å². The summed E-state index contributed by atoms with van der Waals surface area (Å²) in [6.07, 6.45) is -5.42. The van der Waals surface area contributed by atoms with Crippen LogP contribution in [0.3, 0.4) is 0 Å². The molecule has 1 aliphatic heterocycles. The van der Waals surface area contributed by atoms with Gasteiger partial charge < -0.3 is 23.9 Å². The molecule has 176 valence electrons. The van der Waals surface area contributed by atoms with E-state index in [9.17, 15) is 18.0 Å². The number of carbonyl (C=O) groups is 1. The van der Waals surface area contributed by atoms with E-state index in [0.717, 1.165) is 0 Å². The van der Waals surface area contributed by atoms with E-state index in [1.807, 2.05) is 0 Å². The number of nitrogens with zero attached hydrogens (tertiary/aromatic N) is 2. The standard InChI is InChI=1S/C19H21ClF3N3O6/c1-11(8-30-19(21,22)23)31-18-26-25-17(32-18)15-7-4-13(9-29-15)24-16(27)10-28-14-5-2-12(20)3-6-14/h2-3,5-6,11,13,15H,4,7-10H2,1H3,(H,24,27)/t11?,13-,15+/m1/s1. The lowest BCUT2D eigenvalue weighted by Gasteiger charge is -2.27. The van der Waals surface area contributed by atoms with Gasteiger partial charge in [-0.2, -0.15) is 0 Å². The summed E-state index contributed by atoms with van der Waals surface area (Å²) in [5, 5.41) is 10.8. The van der Waals surface area contributed by atoms with Gasteiger partial charge in [0, 0.05) is 5.02 Å². The quantitative estimate of drug-likeness (QED) is 0.583. The third-order valence-electron chi connectivity index (χ3n) is 4.31. The minimum Gasteiger partial charge on any atom is -0.484 e. The molecule has 0 aliphatic carbocycles. The summed E-state index contributed by atoms with van der Waals surface area (Å²) >= 11 is 5.80. The maximum Gasteiger partial charge on any atom is 0.522 e. The molecule has 2 aromatic rings. The Balaban J connectivity index is 1.38. The van der Waals surface area contributed by atoms with Crippen molar-refractivity contribution in [2.75, 3.05) is 19.8 Å². The Kier molecular flexibility index (Phi) is 8.15. The first kappa shape index (κ1) is 24.1. The van der Waals surface area contributed by atoms with Crippen molar-refractivity contribution < 1.29 is 41.3 Å². The van der Waals surface area contributed by atoms with Crippen molar-refractivity contribution in [1.29, 1.82) is 0 Å². The maximum atomic E-state index is 12.1. The van der Waals surface area contributed by atoms with Crippen LogP contribution in [0.2, 0.25) is 5.02 Å². The average Bonchev–Trinajstić information content (AvgIpc) is 3.20. The zero-order valence-corrected chi connectivity index (χ0v) is 17.7. The minimum absolute atomic E-state index is 0.139. The van der Waals surface area contributed by atoms with E-state index >= 15 is 0 Å². The molecule has 1 aromatic heterocycles. The number of hydrogen-bond acceptors (Lipinski definition) is 8. The van der Waals surface area contributed by atoms with E-state index in [0.29, 0.717) is 23.6 Å². The van der Waals surface area contributed by atoms with Gasteiger partial charge in [0.25, 0.3) is 5.91 Å². The average molecular weight is 480 g/mol. The molecule has 1 aromatic carbocycles. The van der Waals surface area contributed by atoms with Crippen molar-refractivity contribution in [2.45, 2.75) is 44.4 Å². The summed E-state index contributed by atoms with van der Waals surface area (Å²) in [6.45, 7) is 0.717. The summed E-state index contributed by atoms with van der Waals surface area (Å²) in [5.41, 5.74) is 0. The van der Waals surface area contributed by atoms with Gasteiger partial charge in [0.15, 0.2) is 6.61 Å². The molecule has 0 radical (unpaired) electrons. The third kappa shape index (κ3) is 7.84. The van der Waals surface area contributed by atoms with Crippen molar-refractivity contribution in [3.63, 3.8) is 0 Å². The van der Waals surface area contributed by atoms with Crippen LogP contribution in [-0.4, -0.2) is 54.4 Å². The van der Waals surface area contributed by atoms with Gasteiger partial charge in [-0.15, -0.1) is 18.3 Å². The van der Waals surface area contributed by atoms with Gasteiger partial charge in [0.05, 0.1) is 19.3 Å². The van der Waals surface area contributed by atoms with Crippen LogP contribution in [0.15, 0.2) is 28.7 Å². The normalized spacial score (nSPS) is 19.9. The van der Waals surface area contributed by atoms with Gasteiger partial charge in [-0.3, -0.25) is 9.53 Å². The maximum absolute atomic E-state index is 12.1. The predicted octanol–water partition coefficient (Wildman–Crippen LogP) is 3.44. The Hall–Kier alpha value is -2.57. The highest BCUT2D eigenvalue weighted by Gasteiger charge is 2.31. The number of ether oxygens (including phenoxy) is 4. The SMILES string of the molecule is CC(COC(F)(F)F)Oc1nnc([C@@H]2CC[C@@H](NC(=O)COc3ccc(Cl)cc3)CO2)o1. The molecular formula is C19H21ClF3N3O6. The van der Waals surface area contributed by atoms with E-state index in [4.69, 9.17) is 30.2 Å². The molecule has 13 heteroatoms. The van der Waals surface area contributed by atoms with Crippen molar-refractivity contribution in [3.8, 4) is 11.8 Å². The first-order valence-corrected chi connectivity index (χ1v) is 10.1. The van der Waals surface area contributed by atoms with Crippen LogP contribution in [0.5, 0.6) is 11.8 Å². The lowest BCUT2D eigenvalue weighted by Crippen LogP contribution is -2.43. The highest BCUT2D eigenvalue weighted by Crippen LogP contribution is 2.29. The van der Waals surface area contributed by atoms with Crippen LogP contribution < -0.4 is 14.8 Å². The van der Waals surface area contributed by atoms with Crippen molar-refractivity contribution in [1.82, 2.24) is 15.5 Å². The number of alkyl halides is 3. The number of rotatable bonds is 9. The predicted molar refractivity (Wildman–Crippen MR) is 103 cm³/mol. The zero-order valence-electron chi connectivity index (χ0n) is 16.9. The van der Waals surface area contributed by atoms with Crippen LogP contribution in [0.25, 0.3) is 0 Å². The van der Waals surface area contributed by atoms with Crippen molar-refractivity contribution >= 4 is 17.5 Å². The van der Waals surface area contributed by atoms with Crippen LogP contribution in [0.1, 0.15) is 31.8 Å². The van der Waals surface area contributed by atoms with Crippen LogP contribution in [0, 0.1) is 0 Å². The second-order valence-corrected chi connectivity index (χ2v) is 7.43. The molecule has 1 N–H and O–H groups in total. The Morgan fingerprint density at radius 1 is 1.28 bits per heavy atom.